The van der Waals surface area contributed by atoms with E-state index in [-0.39, 0.29) is 11.9 Å². The maximum absolute atomic E-state index is 12.2. The van der Waals surface area contributed by atoms with Gasteiger partial charge in [0.05, 0.1) is 5.69 Å². The summed E-state index contributed by atoms with van der Waals surface area (Å²) >= 11 is 3.16. The molecule has 0 radical (unpaired) electrons. The van der Waals surface area contributed by atoms with Gasteiger partial charge in [0.2, 0.25) is 0 Å². The Morgan fingerprint density at radius 1 is 1.41 bits per heavy atom. The van der Waals surface area contributed by atoms with Crippen LogP contribution in [0, 0.1) is 0 Å². The Balaban J connectivity index is 1.96. The second kappa shape index (κ2) is 7.42. The lowest BCUT2D eigenvalue weighted by Gasteiger charge is -2.23. The standard InChI is InChI=1S/C16H21NO3S2/c1-11(20-15(19)16(2)9-6-10-22-16)14(18)17-12-7-4-5-8-13(12)21-3/h4-5,7-8,11H,6,9-10H2,1-3H3,(H,17,18). The first-order valence-electron chi connectivity index (χ1n) is 7.25. The predicted octanol–water partition coefficient (Wildman–Crippen LogP) is 3.56. The van der Waals surface area contributed by atoms with Crippen molar-refractivity contribution in [3.63, 3.8) is 0 Å². The molecule has 0 saturated carbocycles. The Bertz CT molecular complexity index is 556. The zero-order valence-corrected chi connectivity index (χ0v) is 14.7. The molecule has 0 aliphatic carbocycles. The van der Waals surface area contributed by atoms with E-state index in [1.165, 1.54) is 0 Å². The van der Waals surface area contributed by atoms with Crippen molar-refractivity contribution in [1.82, 2.24) is 0 Å². The van der Waals surface area contributed by atoms with Crippen molar-refractivity contribution >= 4 is 41.1 Å². The Kier molecular flexibility index (Phi) is 5.81. The van der Waals surface area contributed by atoms with E-state index in [2.05, 4.69) is 5.32 Å². The van der Waals surface area contributed by atoms with Gasteiger partial charge in [-0.25, -0.2) is 0 Å². The third-order valence-corrected chi connectivity index (χ3v) is 5.97. The lowest BCUT2D eigenvalue weighted by atomic mass is 10.1. The first-order chi connectivity index (χ1) is 10.5. The van der Waals surface area contributed by atoms with Crippen molar-refractivity contribution in [2.75, 3.05) is 17.3 Å². The van der Waals surface area contributed by atoms with Gasteiger partial charge >= 0.3 is 5.97 Å². The van der Waals surface area contributed by atoms with Gasteiger partial charge in [0.25, 0.3) is 5.91 Å². The first-order valence-corrected chi connectivity index (χ1v) is 9.46. The molecule has 22 heavy (non-hydrogen) atoms. The largest absolute Gasteiger partial charge is 0.452 e. The lowest BCUT2D eigenvalue weighted by molar-refractivity contribution is -0.155. The van der Waals surface area contributed by atoms with E-state index in [9.17, 15) is 9.59 Å². The minimum Gasteiger partial charge on any atom is -0.452 e. The van der Waals surface area contributed by atoms with E-state index in [1.807, 2.05) is 37.4 Å². The van der Waals surface area contributed by atoms with Crippen LogP contribution >= 0.6 is 23.5 Å². The maximum atomic E-state index is 12.2. The summed E-state index contributed by atoms with van der Waals surface area (Å²) in [5.74, 6) is 0.366. The summed E-state index contributed by atoms with van der Waals surface area (Å²) < 4.78 is 4.86. The van der Waals surface area contributed by atoms with Gasteiger partial charge in [-0.2, -0.15) is 0 Å². The molecule has 0 bridgehead atoms. The Morgan fingerprint density at radius 2 is 2.14 bits per heavy atom. The molecule has 1 aromatic carbocycles. The van der Waals surface area contributed by atoms with Crippen molar-refractivity contribution < 1.29 is 14.3 Å². The molecule has 1 fully saturated rings. The molecule has 1 aliphatic heterocycles. The molecule has 1 N–H and O–H groups in total. The summed E-state index contributed by atoms with van der Waals surface area (Å²) in [7, 11) is 0. The molecule has 4 nitrogen and oxygen atoms in total. The van der Waals surface area contributed by atoms with Crippen LogP contribution in [0.4, 0.5) is 5.69 Å². The highest BCUT2D eigenvalue weighted by atomic mass is 32.2. The average Bonchev–Trinajstić information content (AvgIpc) is 2.96. The number of hydrogen-bond acceptors (Lipinski definition) is 5. The van der Waals surface area contributed by atoms with Crippen LogP contribution in [-0.4, -0.2) is 34.7 Å². The average molecular weight is 339 g/mol. The van der Waals surface area contributed by atoms with Gasteiger partial charge in [0.15, 0.2) is 6.10 Å². The lowest BCUT2D eigenvalue weighted by Crippen LogP contribution is -2.37. The molecule has 2 atom stereocenters. The SMILES string of the molecule is CSc1ccccc1NC(=O)C(C)OC(=O)C1(C)CCCS1. The predicted molar refractivity (Wildman–Crippen MR) is 92.5 cm³/mol. The van der Waals surface area contributed by atoms with Gasteiger partial charge in [-0.05, 0) is 50.8 Å². The molecule has 1 amide bonds. The Hall–Kier alpha value is -1.14. The fourth-order valence-electron chi connectivity index (χ4n) is 2.26. The van der Waals surface area contributed by atoms with Crippen LogP contribution in [0.15, 0.2) is 29.2 Å². The summed E-state index contributed by atoms with van der Waals surface area (Å²) in [5, 5.41) is 2.83. The molecule has 1 saturated heterocycles. The molecule has 1 heterocycles. The van der Waals surface area contributed by atoms with Crippen molar-refractivity contribution in [2.24, 2.45) is 0 Å². The van der Waals surface area contributed by atoms with E-state index in [4.69, 9.17) is 4.74 Å². The second-order valence-electron chi connectivity index (χ2n) is 5.42. The van der Waals surface area contributed by atoms with Crippen LogP contribution in [0.3, 0.4) is 0 Å². The highest BCUT2D eigenvalue weighted by molar-refractivity contribution is 8.01. The van der Waals surface area contributed by atoms with Crippen LogP contribution in [-0.2, 0) is 14.3 Å². The number of carbonyl (C=O) groups excluding carboxylic acids is 2. The molecule has 0 aromatic heterocycles. The van der Waals surface area contributed by atoms with Crippen LogP contribution < -0.4 is 5.32 Å². The number of nitrogens with one attached hydrogen (secondary N) is 1. The molecule has 2 unspecified atom stereocenters. The van der Waals surface area contributed by atoms with Crippen LogP contribution in [0.5, 0.6) is 0 Å². The summed E-state index contributed by atoms with van der Waals surface area (Å²) in [4.78, 5) is 25.4. The number of anilines is 1. The van der Waals surface area contributed by atoms with Crippen molar-refractivity contribution in [2.45, 2.75) is 42.4 Å². The molecule has 6 heteroatoms. The molecule has 2 rings (SSSR count). The number of para-hydroxylation sites is 1. The van der Waals surface area contributed by atoms with E-state index >= 15 is 0 Å². The van der Waals surface area contributed by atoms with Gasteiger partial charge < -0.3 is 10.1 Å². The monoisotopic (exact) mass is 339 g/mol. The zero-order chi connectivity index (χ0) is 16.2. The van der Waals surface area contributed by atoms with Crippen molar-refractivity contribution in [3.05, 3.63) is 24.3 Å². The molecular formula is C16H21NO3S2. The molecule has 120 valence electrons. The minimum atomic E-state index is -0.805. The van der Waals surface area contributed by atoms with Crippen molar-refractivity contribution in [1.29, 1.82) is 0 Å². The number of carbonyl (C=O) groups is 2. The van der Waals surface area contributed by atoms with E-state index in [1.54, 1.807) is 30.4 Å². The molecular weight excluding hydrogens is 318 g/mol. The van der Waals surface area contributed by atoms with Crippen molar-refractivity contribution in [3.8, 4) is 0 Å². The number of rotatable bonds is 5. The van der Waals surface area contributed by atoms with Crippen LogP contribution in [0.2, 0.25) is 0 Å². The van der Waals surface area contributed by atoms with E-state index in [0.29, 0.717) is 0 Å². The number of hydrogen-bond donors (Lipinski definition) is 1. The fourth-order valence-corrected chi connectivity index (χ4v) is 4.01. The summed E-state index contributed by atoms with van der Waals surface area (Å²) in [6, 6.07) is 7.56. The topological polar surface area (TPSA) is 55.4 Å². The van der Waals surface area contributed by atoms with E-state index < -0.39 is 10.9 Å². The maximum Gasteiger partial charge on any atom is 0.322 e. The number of esters is 1. The third-order valence-electron chi connectivity index (χ3n) is 3.67. The number of amides is 1. The van der Waals surface area contributed by atoms with Gasteiger partial charge in [-0.1, -0.05) is 12.1 Å². The summed E-state index contributed by atoms with van der Waals surface area (Å²) in [6.07, 6.45) is 2.96. The first kappa shape index (κ1) is 17.2. The number of benzene rings is 1. The van der Waals surface area contributed by atoms with Gasteiger partial charge in [-0.3, -0.25) is 9.59 Å². The highest BCUT2D eigenvalue weighted by Crippen LogP contribution is 2.39. The highest BCUT2D eigenvalue weighted by Gasteiger charge is 2.40. The van der Waals surface area contributed by atoms with Gasteiger partial charge in [-0.15, -0.1) is 23.5 Å². The normalized spacial score (nSPS) is 22.1. The van der Waals surface area contributed by atoms with E-state index in [0.717, 1.165) is 29.2 Å². The zero-order valence-electron chi connectivity index (χ0n) is 13.0. The quantitative estimate of drug-likeness (QED) is 0.656. The second-order valence-corrected chi connectivity index (χ2v) is 7.87. The summed E-state index contributed by atoms with van der Waals surface area (Å²) in [5.41, 5.74) is 0.740. The van der Waals surface area contributed by atoms with Gasteiger partial charge in [0, 0.05) is 4.90 Å². The van der Waals surface area contributed by atoms with Crippen LogP contribution in [0.25, 0.3) is 0 Å². The molecule has 0 spiro atoms. The number of thioether (sulfide) groups is 2. The molecule has 1 aromatic rings. The molecule has 1 aliphatic rings. The minimum absolute atomic E-state index is 0.296. The fraction of sp³-hybridized carbons (Fsp3) is 0.500. The third kappa shape index (κ3) is 3.98. The summed E-state index contributed by atoms with van der Waals surface area (Å²) in [6.45, 7) is 3.50. The Morgan fingerprint density at radius 3 is 2.77 bits per heavy atom. The number of ether oxygens (including phenoxy) is 1. The van der Waals surface area contributed by atoms with Gasteiger partial charge in [0.1, 0.15) is 4.75 Å². The van der Waals surface area contributed by atoms with Crippen LogP contribution in [0.1, 0.15) is 26.7 Å². The Labute approximate surface area is 139 Å². The smallest absolute Gasteiger partial charge is 0.322 e.